The van der Waals surface area contributed by atoms with E-state index in [1.54, 1.807) is 12.1 Å². The second-order valence-corrected chi connectivity index (χ2v) is 6.31. The molecule has 0 atom stereocenters. The molecule has 23 heavy (non-hydrogen) atoms. The van der Waals surface area contributed by atoms with Crippen LogP contribution in [-0.2, 0) is 11.3 Å². The lowest BCUT2D eigenvalue weighted by molar-refractivity contribution is 0.0360. The number of ether oxygens (including phenoxy) is 1. The normalized spacial score (nSPS) is 16.3. The first-order chi connectivity index (χ1) is 11.0. The highest BCUT2D eigenvalue weighted by Crippen LogP contribution is 2.26. The van der Waals surface area contributed by atoms with Crippen LogP contribution in [0.25, 0.3) is 10.9 Å². The Bertz CT molecular complexity index is 702. The van der Waals surface area contributed by atoms with Crippen LogP contribution in [0.5, 0.6) is 0 Å². The predicted molar refractivity (Wildman–Crippen MR) is 88.0 cm³/mol. The van der Waals surface area contributed by atoms with Gasteiger partial charge in [0.25, 0.3) is 0 Å². The summed E-state index contributed by atoms with van der Waals surface area (Å²) in [5, 5.41) is 14.9. The fourth-order valence-corrected chi connectivity index (χ4v) is 2.96. The Labute approximate surface area is 135 Å². The summed E-state index contributed by atoms with van der Waals surface area (Å²) in [5.41, 5.74) is 2.23. The first kappa shape index (κ1) is 16.0. The van der Waals surface area contributed by atoms with Crippen LogP contribution in [0.2, 0.25) is 0 Å². The molecule has 1 N–H and O–H groups in total. The van der Waals surface area contributed by atoms with Crippen molar-refractivity contribution in [3.8, 4) is 0 Å². The summed E-state index contributed by atoms with van der Waals surface area (Å²) in [5.74, 6) is -0.658. The number of aromatic carboxylic acids is 1. The van der Waals surface area contributed by atoms with Crippen LogP contribution in [0.1, 0.15) is 35.7 Å². The number of nitrogens with zero attached hydrogens (tertiary/aromatic N) is 3. The van der Waals surface area contributed by atoms with Crippen molar-refractivity contribution >= 4 is 16.9 Å². The summed E-state index contributed by atoms with van der Waals surface area (Å²) in [6.07, 6.45) is 1.95. The van der Waals surface area contributed by atoms with Crippen molar-refractivity contribution in [1.29, 1.82) is 0 Å². The number of hydrogen-bond donors (Lipinski definition) is 1. The number of hydrogen-bond acceptors (Lipinski definition) is 4. The van der Waals surface area contributed by atoms with Gasteiger partial charge in [0.2, 0.25) is 0 Å². The number of carbonyl (C=O) groups is 1. The maximum absolute atomic E-state index is 11.3. The molecule has 1 aromatic heterocycles. The van der Waals surface area contributed by atoms with E-state index in [0.717, 1.165) is 55.9 Å². The highest BCUT2D eigenvalue weighted by atomic mass is 16.5. The van der Waals surface area contributed by atoms with Crippen molar-refractivity contribution in [3.63, 3.8) is 0 Å². The van der Waals surface area contributed by atoms with Crippen molar-refractivity contribution in [1.82, 2.24) is 14.7 Å². The molecule has 0 bridgehead atoms. The lowest BCUT2D eigenvalue weighted by Gasteiger charge is -2.26. The summed E-state index contributed by atoms with van der Waals surface area (Å²) in [6, 6.07) is 3.45. The number of rotatable bonds is 5. The number of fused-ring (bicyclic) bond motifs is 1. The summed E-state index contributed by atoms with van der Waals surface area (Å²) in [4.78, 5) is 13.7. The Hall–Kier alpha value is -1.92. The fourth-order valence-electron chi connectivity index (χ4n) is 2.96. The molecule has 1 aliphatic heterocycles. The van der Waals surface area contributed by atoms with E-state index < -0.39 is 5.97 Å². The van der Waals surface area contributed by atoms with Crippen molar-refractivity contribution in [2.24, 2.45) is 0 Å². The molecule has 2 aromatic rings. The monoisotopic (exact) mass is 317 g/mol. The van der Waals surface area contributed by atoms with Crippen LogP contribution in [-0.4, -0.2) is 58.6 Å². The molecule has 3 rings (SSSR count). The lowest BCUT2D eigenvalue weighted by Crippen LogP contribution is -2.38. The highest BCUT2D eigenvalue weighted by Gasteiger charge is 2.15. The van der Waals surface area contributed by atoms with Gasteiger partial charge in [-0.2, -0.15) is 5.10 Å². The molecule has 1 fully saturated rings. The van der Waals surface area contributed by atoms with Crippen molar-refractivity contribution in [2.75, 3.05) is 32.8 Å². The van der Waals surface area contributed by atoms with Crippen molar-refractivity contribution in [3.05, 3.63) is 29.5 Å². The minimum Gasteiger partial charge on any atom is -0.478 e. The summed E-state index contributed by atoms with van der Waals surface area (Å²) in [6.45, 7) is 9.36. The third-order valence-electron chi connectivity index (χ3n) is 4.30. The number of aromatic nitrogens is 2. The van der Waals surface area contributed by atoms with Gasteiger partial charge in [0.1, 0.15) is 0 Å². The molecule has 0 amide bonds. The van der Waals surface area contributed by atoms with Crippen LogP contribution in [0, 0.1) is 0 Å². The topological polar surface area (TPSA) is 67.6 Å². The maximum Gasteiger partial charge on any atom is 0.335 e. The molecule has 1 aromatic carbocycles. The molecule has 6 heteroatoms. The molecular formula is C17H23N3O3. The van der Waals surface area contributed by atoms with Gasteiger partial charge in [-0.25, -0.2) is 4.79 Å². The number of morpholine rings is 1. The smallest absolute Gasteiger partial charge is 0.335 e. The van der Waals surface area contributed by atoms with E-state index in [1.165, 1.54) is 0 Å². The molecule has 124 valence electrons. The van der Waals surface area contributed by atoms with Crippen molar-refractivity contribution in [2.45, 2.75) is 26.3 Å². The van der Waals surface area contributed by atoms with Crippen LogP contribution in [0.3, 0.4) is 0 Å². The highest BCUT2D eigenvalue weighted by molar-refractivity contribution is 5.94. The Morgan fingerprint density at radius 1 is 1.30 bits per heavy atom. The first-order valence-corrected chi connectivity index (χ1v) is 8.09. The van der Waals surface area contributed by atoms with Gasteiger partial charge < -0.3 is 9.84 Å². The quantitative estimate of drug-likeness (QED) is 0.915. The van der Waals surface area contributed by atoms with Gasteiger partial charge in [-0.3, -0.25) is 9.58 Å². The molecule has 6 nitrogen and oxygen atoms in total. The summed E-state index contributed by atoms with van der Waals surface area (Å²) in [7, 11) is 0. The van der Waals surface area contributed by atoms with Gasteiger partial charge in [-0.1, -0.05) is 13.8 Å². The SMILES string of the molecule is CC(C)c1cc(C(=O)O)cc2cn(CCN3CCOCC3)nc12. The van der Waals surface area contributed by atoms with Gasteiger partial charge in [0, 0.05) is 31.2 Å². The van der Waals surface area contributed by atoms with Crippen molar-refractivity contribution < 1.29 is 14.6 Å². The molecule has 0 aliphatic carbocycles. The van der Waals surface area contributed by atoms with Gasteiger partial charge in [0.15, 0.2) is 0 Å². The standard InChI is InChI=1S/C17H23N3O3/c1-12(2)15-10-13(17(21)22)9-14-11-20(18-16(14)15)4-3-19-5-7-23-8-6-19/h9-12H,3-8H2,1-2H3,(H,21,22). The Morgan fingerprint density at radius 3 is 2.70 bits per heavy atom. The number of benzene rings is 1. The zero-order chi connectivity index (χ0) is 16.4. The number of carboxylic acids is 1. The Morgan fingerprint density at radius 2 is 2.04 bits per heavy atom. The van der Waals surface area contributed by atoms with Crippen LogP contribution < -0.4 is 0 Å². The second kappa shape index (κ2) is 6.68. The molecule has 1 saturated heterocycles. The first-order valence-electron chi connectivity index (χ1n) is 8.09. The molecule has 0 unspecified atom stereocenters. The Kier molecular flexibility index (Phi) is 4.63. The van der Waals surface area contributed by atoms with E-state index in [4.69, 9.17) is 4.74 Å². The van der Waals surface area contributed by atoms with E-state index in [1.807, 2.05) is 10.9 Å². The van der Waals surface area contributed by atoms with E-state index in [-0.39, 0.29) is 5.92 Å². The lowest BCUT2D eigenvalue weighted by atomic mass is 9.98. The van der Waals surface area contributed by atoms with E-state index >= 15 is 0 Å². The van der Waals surface area contributed by atoms with Crippen LogP contribution >= 0.6 is 0 Å². The molecule has 0 radical (unpaired) electrons. The molecular weight excluding hydrogens is 294 g/mol. The molecule has 1 aliphatic rings. The van der Waals surface area contributed by atoms with Crippen LogP contribution in [0.15, 0.2) is 18.3 Å². The summed E-state index contributed by atoms with van der Waals surface area (Å²) < 4.78 is 7.29. The largest absolute Gasteiger partial charge is 0.478 e. The second-order valence-electron chi connectivity index (χ2n) is 6.31. The molecule has 0 spiro atoms. The van der Waals surface area contributed by atoms with Gasteiger partial charge in [-0.05, 0) is 23.6 Å². The average molecular weight is 317 g/mol. The zero-order valence-electron chi connectivity index (χ0n) is 13.7. The third kappa shape index (κ3) is 3.54. The predicted octanol–water partition coefficient (Wildman–Crippen LogP) is 2.19. The fraction of sp³-hybridized carbons (Fsp3) is 0.529. The minimum atomic E-state index is -0.894. The third-order valence-corrected chi connectivity index (χ3v) is 4.30. The van der Waals surface area contributed by atoms with E-state index in [9.17, 15) is 9.90 Å². The van der Waals surface area contributed by atoms with Gasteiger partial charge in [0.05, 0.1) is 30.8 Å². The minimum absolute atomic E-state index is 0.236. The Balaban J connectivity index is 1.84. The van der Waals surface area contributed by atoms with Crippen LogP contribution in [0.4, 0.5) is 0 Å². The van der Waals surface area contributed by atoms with E-state index in [2.05, 4.69) is 23.8 Å². The van der Waals surface area contributed by atoms with E-state index in [0.29, 0.717) is 5.56 Å². The maximum atomic E-state index is 11.3. The molecule has 0 saturated carbocycles. The molecule has 2 heterocycles. The van der Waals surface area contributed by atoms with Gasteiger partial charge >= 0.3 is 5.97 Å². The average Bonchev–Trinajstić information content (AvgIpc) is 2.95. The number of carboxylic acid groups (broad SMARTS) is 1. The summed E-state index contributed by atoms with van der Waals surface area (Å²) >= 11 is 0. The zero-order valence-corrected chi connectivity index (χ0v) is 13.7. The van der Waals surface area contributed by atoms with Gasteiger partial charge in [-0.15, -0.1) is 0 Å².